The first-order chi connectivity index (χ1) is 9.27. The van der Waals surface area contributed by atoms with E-state index in [-0.39, 0.29) is 16.8 Å². The van der Waals surface area contributed by atoms with Crippen molar-refractivity contribution in [2.75, 3.05) is 0 Å². The van der Waals surface area contributed by atoms with Gasteiger partial charge in [-0.15, -0.1) is 0 Å². The summed E-state index contributed by atoms with van der Waals surface area (Å²) in [6, 6.07) is 9.28. The summed E-state index contributed by atoms with van der Waals surface area (Å²) in [4.78, 5) is 11.7. The van der Waals surface area contributed by atoms with Crippen molar-refractivity contribution in [2.45, 2.75) is 24.8 Å². The zero-order valence-corrected chi connectivity index (χ0v) is 11.9. The van der Waals surface area contributed by atoms with Crippen LogP contribution in [0.5, 0.6) is 0 Å². The van der Waals surface area contributed by atoms with Gasteiger partial charge in [-0.3, -0.25) is 9.35 Å². The highest BCUT2D eigenvalue weighted by molar-refractivity contribution is 7.85. The van der Waals surface area contributed by atoms with Crippen molar-refractivity contribution in [3.05, 3.63) is 42.0 Å². The van der Waals surface area contributed by atoms with Crippen LogP contribution in [0.1, 0.15) is 24.2 Å². The Morgan fingerprint density at radius 1 is 1.10 bits per heavy atom. The predicted molar refractivity (Wildman–Crippen MR) is 76.4 cm³/mol. The summed E-state index contributed by atoms with van der Waals surface area (Å²) in [6.07, 6.45) is 0. The third-order valence-electron chi connectivity index (χ3n) is 2.79. The van der Waals surface area contributed by atoms with Crippen molar-refractivity contribution in [3.8, 4) is 0 Å². The summed E-state index contributed by atoms with van der Waals surface area (Å²) < 4.78 is 31.3. The molecule has 0 heterocycles. The minimum atomic E-state index is -4.25. The molecule has 0 atom stereocenters. The number of benzene rings is 2. The Balaban J connectivity index is 2.49. The maximum absolute atomic E-state index is 11.9. The van der Waals surface area contributed by atoms with Gasteiger partial charge in [-0.1, -0.05) is 12.1 Å². The van der Waals surface area contributed by atoms with E-state index in [2.05, 4.69) is 5.32 Å². The highest BCUT2D eigenvalue weighted by Crippen LogP contribution is 2.20. The molecule has 0 unspecified atom stereocenters. The van der Waals surface area contributed by atoms with E-state index in [1.165, 1.54) is 12.1 Å². The zero-order valence-electron chi connectivity index (χ0n) is 11.1. The van der Waals surface area contributed by atoms with Crippen LogP contribution in [0.15, 0.2) is 41.3 Å². The van der Waals surface area contributed by atoms with Gasteiger partial charge in [0.1, 0.15) is 0 Å². The molecule has 0 aliphatic carbocycles. The maximum atomic E-state index is 11.9. The monoisotopic (exact) mass is 293 g/mol. The molecule has 0 spiro atoms. The number of carbonyl (C=O) groups excluding carboxylic acids is 1. The van der Waals surface area contributed by atoms with Gasteiger partial charge in [-0.25, -0.2) is 0 Å². The fourth-order valence-corrected chi connectivity index (χ4v) is 2.39. The smallest absolute Gasteiger partial charge is 0.294 e. The lowest BCUT2D eigenvalue weighted by molar-refractivity contribution is 0.0943. The summed E-state index contributed by atoms with van der Waals surface area (Å²) in [6.45, 7) is 3.71. The van der Waals surface area contributed by atoms with Gasteiger partial charge in [0.05, 0.1) is 4.90 Å². The summed E-state index contributed by atoms with van der Waals surface area (Å²) >= 11 is 0. The van der Waals surface area contributed by atoms with Crippen molar-refractivity contribution in [3.63, 3.8) is 0 Å². The molecule has 0 radical (unpaired) electrons. The molecule has 2 aromatic carbocycles. The van der Waals surface area contributed by atoms with E-state index in [0.717, 1.165) is 5.39 Å². The topological polar surface area (TPSA) is 83.5 Å². The van der Waals surface area contributed by atoms with Gasteiger partial charge in [0.25, 0.3) is 16.0 Å². The number of hydrogen-bond acceptors (Lipinski definition) is 3. The molecule has 0 aliphatic rings. The number of rotatable bonds is 3. The average Bonchev–Trinajstić information content (AvgIpc) is 2.35. The number of nitrogens with one attached hydrogen (secondary N) is 1. The molecule has 6 heteroatoms. The van der Waals surface area contributed by atoms with E-state index in [1.807, 2.05) is 13.8 Å². The van der Waals surface area contributed by atoms with Gasteiger partial charge in [0, 0.05) is 11.6 Å². The Kier molecular flexibility index (Phi) is 3.78. The largest absolute Gasteiger partial charge is 0.350 e. The molecular formula is C14H15NO4S. The minimum absolute atomic E-state index is 0.0161. The van der Waals surface area contributed by atoms with Crippen molar-refractivity contribution in [1.29, 1.82) is 0 Å². The molecule has 2 rings (SSSR count). The Bertz CT molecular complexity index is 766. The Morgan fingerprint density at radius 2 is 1.75 bits per heavy atom. The third kappa shape index (κ3) is 3.15. The van der Waals surface area contributed by atoms with E-state index >= 15 is 0 Å². The first-order valence-electron chi connectivity index (χ1n) is 6.09. The molecule has 5 nitrogen and oxygen atoms in total. The lowest BCUT2D eigenvalue weighted by atomic mass is 10.1. The van der Waals surface area contributed by atoms with Crippen LogP contribution in [-0.4, -0.2) is 24.9 Å². The summed E-state index contributed by atoms with van der Waals surface area (Å²) in [7, 11) is -4.25. The standard InChI is InChI=1S/C14H15NO4S/c1-9(2)15-14(16)11-4-3-10-5-6-13(20(17,18)19)8-12(10)7-11/h3-9H,1-2H3,(H,15,16)(H,17,18,19). The maximum Gasteiger partial charge on any atom is 0.294 e. The number of fused-ring (bicyclic) bond motifs is 1. The molecule has 0 saturated heterocycles. The molecule has 2 N–H and O–H groups in total. The highest BCUT2D eigenvalue weighted by atomic mass is 32.2. The van der Waals surface area contributed by atoms with Crippen molar-refractivity contribution < 1.29 is 17.8 Å². The summed E-state index contributed by atoms with van der Waals surface area (Å²) in [5.41, 5.74) is 0.443. The lowest BCUT2D eigenvalue weighted by Gasteiger charge is -2.09. The molecule has 0 saturated carbocycles. The van der Waals surface area contributed by atoms with Crippen LogP contribution in [0.3, 0.4) is 0 Å². The molecule has 0 bridgehead atoms. The van der Waals surface area contributed by atoms with Gasteiger partial charge in [-0.2, -0.15) is 8.42 Å². The molecular weight excluding hydrogens is 278 g/mol. The molecule has 0 aliphatic heterocycles. The Labute approximate surface area is 117 Å². The summed E-state index contributed by atoms with van der Waals surface area (Å²) in [5, 5.41) is 4.13. The first kappa shape index (κ1) is 14.5. The van der Waals surface area contributed by atoms with Gasteiger partial charge < -0.3 is 5.32 Å². The zero-order chi connectivity index (χ0) is 14.9. The van der Waals surface area contributed by atoms with Crippen molar-refractivity contribution >= 4 is 26.8 Å². The van der Waals surface area contributed by atoms with E-state index < -0.39 is 10.1 Å². The van der Waals surface area contributed by atoms with Gasteiger partial charge >= 0.3 is 0 Å². The lowest BCUT2D eigenvalue weighted by Crippen LogP contribution is -2.29. The Hall–Kier alpha value is -1.92. The number of hydrogen-bond donors (Lipinski definition) is 2. The van der Waals surface area contributed by atoms with Crippen LogP contribution in [-0.2, 0) is 10.1 Å². The predicted octanol–water partition coefficient (Wildman–Crippen LogP) is 2.22. The van der Waals surface area contributed by atoms with Crippen molar-refractivity contribution in [2.24, 2.45) is 0 Å². The van der Waals surface area contributed by atoms with E-state index in [4.69, 9.17) is 4.55 Å². The van der Waals surface area contributed by atoms with Gasteiger partial charge in [-0.05, 0) is 48.9 Å². The average molecular weight is 293 g/mol. The SMILES string of the molecule is CC(C)NC(=O)c1ccc2ccc(S(=O)(=O)O)cc2c1. The first-order valence-corrected chi connectivity index (χ1v) is 7.53. The van der Waals surface area contributed by atoms with Crippen LogP contribution in [0.25, 0.3) is 10.8 Å². The normalized spacial score (nSPS) is 11.8. The second-order valence-corrected chi connectivity index (χ2v) is 6.25. The second kappa shape index (κ2) is 5.22. The number of carbonyl (C=O) groups is 1. The quantitative estimate of drug-likeness (QED) is 0.850. The van der Waals surface area contributed by atoms with Crippen LogP contribution >= 0.6 is 0 Å². The number of amides is 1. The fourth-order valence-electron chi connectivity index (χ4n) is 1.87. The molecule has 106 valence electrons. The van der Waals surface area contributed by atoms with Crippen LogP contribution in [0.2, 0.25) is 0 Å². The molecule has 0 aromatic heterocycles. The third-order valence-corrected chi connectivity index (χ3v) is 3.64. The van der Waals surface area contributed by atoms with Gasteiger partial charge in [0.2, 0.25) is 0 Å². The van der Waals surface area contributed by atoms with Crippen LogP contribution in [0, 0.1) is 0 Å². The molecule has 20 heavy (non-hydrogen) atoms. The second-order valence-electron chi connectivity index (χ2n) is 4.83. The fraction of sp³-hybridized carbons (Fsp3) is 0.214. The van der Waals surface area contributed by atoms with Crippen LogP contribution in [0.4, 0.5) is 0 Å². The van der Waals surface area contributed by atoms with E-state index in [1.54, 1.807) is 24.3 Å². The molecule has 2 aromatic rings. The highest BCUT2D eigenvalue weighted by Gasteiger charge is 2.12. The van der Waals surface area contributed by atoms with Crippen molar-refractivity contribution in [1.82, 2.24) is 5.32 Å². The molecule has 1 amide bonds. The Morgan fingerprint density at radius 3 is 2.35 bits per heavy atom. The molecule has 0 fully saturated rings. The van der Waals surface area contributed by atoms with E-state index in [0.29, 0.717) is 10.9 Å². The summed E-state index contributed by atoms with van der Waals surface area (Å²) in [5.74, 6) is -0.223. The minimum Gasteiger partial charge on any atom is -0.350 e. The van der Waals surface area contributed by atoms with Gasteiger partial charge in [0.15, 0.2) is 0 Å². The van der Waals surface area contributed by atoms with Crippen LogP contribution < -0.4 is 5.32 Å². The van der Waals surface area contributed by atoms with E-state index in [9.17, 15) is 13.2 Å².